The van der Waals surface area contributed by atoms with Crippen LogP contribution in [0.15, 0.2) is 59.2 Å². The Balaban J connectivity index is 2.10. The van der Waals surface area contributed by atoms with E-state index in [1.807, 2.05) is 30.3 Å². The standard InChI is InChI=1S/C14H11N3O2/c15-13-9-11(10-5-2-1-3-6-10)17(16-13)14(18)12-7-4-8-19-12/h1-9H,(H2,15,16). The third-order valence-corrected chi connectivity index (χ3v) is 2.72. The molecule has 2 aromatic heterocycles. The van der Waals surface area contributed by atoms with Crippen molar-refractivity contribution in [2.45, 2.75) is 0 Å². The van der Waals surface area contributed by atoms with Crippen LogP contribution in [0.25, 0.3) is 11.3 Å². The van der Waals surface area contributed by atoms with Gasteiger partial charge in [-0.2, -0.15) is 4.68 Å². The smallest absolute Gasteiger partial charge is 0.314 e. The fourth-order valence-corrected chi connectivity index (χ4v) is 1.87. The number of nitrogens with two attached hydrogens (primary N) is 1. The van der Waals surface area contributed by atoms with E-state index >= 15 is 0 Å². The average molecular weight is 253 g/mol. The van der Waals surface area contributed by atoms with E-state index in [0.717, 1.165) is 5.56 Å². The first kappa shape index (κ1) is 11.3. The molecule has 0 saturated heterocycles. The molecule has 94 valence electrons. The van der Waals surface area contributed by atoms with Gasteiger partial charge in [0, 0.05) is 11.6 Å². The molecule has 0 fully saturated rings. The predicted octanol–water partition coefficient (Wildman–Crippen LogP) is 2.41. The minimum Gasteiger partial charge on any atom is -0.459 e. The summed E-state index contributed by atoms with van der Waals surface area (Å²) in [5.41, 5.74) is 7.20. The van der Waals surface area contributed by atoms with Crippen LogP contribution in [-0.2, 0) is 0 Å². The molecule has 2 N–H and O–H groups in total. The van der Waals surface area contributed by atoms with Crippen LogP contribution in [0, 0.1) is 0 Å². The van der Waals surface area contributed by atoms with Crippen molar-refractivity contribution in [1.82, 2.24) is 9.78 Å². The maximum absolute atomic E-state index is 12.3. The largest absolute Gasteiger partial charge is 0.459 e. The minimum atomic E-state index is -0.347. The zero-order valence-electron chi connectivity index (χ0n) is 9.98. The minimum absolute atomic E-state index is 0.222. The molecule has 0 atom stereocenters. The van der Waals surface area contributed by atoms with Crippen LogP contribution >= 0.6 is 0 Å². The lowest BCUT2D eigenvalue weighted by atomic mass is 10.1. The second kappa shape index (κ2) is 4.45. The SMILES string of the molecule is Nc1cc(-c2ccccc2)n(C(=O)c2ccco2)n1. The monoisotopic (exact) mass is 253 g/mol. The zero-order valence-corrected chi connectivity index (χ0v) is 9.98. The number of carbonyl (C=O) groups is 1. The topological polar surface area (TPSA) is 74.0 Å². The second-order valence-electron chi connectivity index (χ2n) is 4.01. The molecule has 0 amide bonds. The van der Waals surface area contributed by atoms with Crippen LogP contribution in [0.4, 0.5) is 5.82 Å². The molecule has 0 bridgehead atoms. The molecule has 3 rings (SSSR count). The number of aromatic nitrogens is 2. The Kier molecular flexibility index (Phi) is 2.64. The molecule has 3 aromatic rings. The van der Waals surface area contributed by atoms with Crippen molar-refractivity contribution >= 4 is 11.7 Å². The van der Waals surface area contributed by atoms with Crippen LogP contribution in [0.5, 0.6) is 0 Å². The summed E-state index contributed by atoms with van der Waals surface area (Å²) in [5.74, 6) is 0.166. The van der Waals surface area contributed by atoms with Gasteiger partial charge in [0.2, 0.25) is 0 Å². The van der Waals surface area contributed by atoms with E-state index in [-0.39, 0.29) is 11.7 Å². The molecule has 2 heterocycles. The van der Waals surface area contributed by atoms with Crippen LogP contribution in [0.2, 0.25) is 0 Å². The molecule has 19 heavy (non-hydrogen) atoms. The summed E-state index contributed by atoms with van der Waals surface area (Å²) in [4.78, 5) is 12.3. The highest BCUT2D eigenvalue weighted by Crippen LogP contribution is 2.22. The van der Waals surface area contributed by atoms with E-state index in [1.165, 1.54) is 10.9 Å². The van der Waals surface area contributed by atoms with E-state index < -0.39 is 0 Å². The molecule has 0 spiro atoms. The van der Waals surface area contributed by atoms with Gasteiger partial charge in [-0.3, -0.25) is 4.79 Å². The molecule has 0 aliphatic carbocycles. The fraction of sp³-hybridized carbons (Fsp3) is 0. The number of nitrogens with zero attached hydrogens (tertiary/aromatic N) is 2. The lowest BCUT2D eigenvalue weighted by molar-refractivity contribution is 0.0919. The maximum Gasteiger partial charge on any atom is 0.314 e. The lowest BCUT2D eigenvalue weighted by Gasteiger charge is -2.03. The van der Waals surface area contributed by atoms with Crippen molar-refractivity contribution in [3.05, 3.63) is 60.6 Å². The lowest BCUT2D eigenvalue weighted by Crippen LogP contribution is -2.14. The van der Waals surface area contributed by atoms with Gasteiger partial charge >= 0.3 is 5.91 Å². The van der Waals surface area contributed by atoms with E-state index in [1.54, 1.807) is 18.2 Å². The van der Waals surface area contributed by atoms with Crippen molar-refractivity contribution in [3.8, 4) is 11.3 Å². The van der Waals surface area contributed by atoms with Crippen molar-refractivity contribution < 1.29 is 9.21 Å². The molecule has 0 aliphatic rings. The number of furan rings is 1. The van der Waals surface area contributed by atoms with Crippen LogP contribution < -0.4 is 5.73 Å². The second-order valence-corrected chi connectivity index (χ2v) is 4.01. The summed E-state index contributed by atoms with van der Waals surface area (Å²) in [7, 11) is 0. The highest BCUT2D eigenvalue weighted by atomic mass is 16.3. The number of benzene rings is 1. The van der Waals surface area contributed by atoms with Crippen molar-refractivity contribution in [1.29, 1.82) is 0 Å². The summed E-state index contributed by atoms with van der Waals surface area (Å²) < 4.78 is 6.35. The fourth-order valence-electron chi connectivity index (χ4n) is 1.87. The maximum atomic E-state index is 12.3. The number of carbonyl (C=O) groups excluding carboxylic acids is 1. The summed E-state index contributed by atoms with van der Waals surface area (Å²) in [6.07, 6.45) is 1.45. The van der Waals surface area contributed by atoms with Gasteiger partial charge in [-0.1, -0.05) is 30.3 Å². The molecular formula is C14H11N3O2. The molecule has 0 saturated carbocycles. The Bertz CT molecular complexity index is 700. The van der Waals surface area contributed by atoms with Gasteiger partial charge in [-0.25, -0.2) is 0 Å². The number of rotatable bonds is 2. The van der Waals surface area contributed by atoms with Gasteiger partial charge in [0.25, 0.3) is 0 Å². The first-order valence-corrected chi connectivity index (χ1v) is 5.75. The Morgan fingerprint density at radius 2 is 1.95 bits per heavy atom. The molecule has 0 radical (unpaired) electrons. The Morgan fingerprint density at radius 3 is 2.63 bits per heavy atom. The molecule has 0 aliphatic heterocycles. The Labute approximate surface area is 109 Å². The number of nitrogen functional groups attached to an aromatic ring is 1. The summed E-state index contributed by atoms with van der Waals surface area (Å²) in [6.45, 7) is 0. The van der Waals surface area contributed by atoms with Crippen molar-refractivity contribution in [2.75, 3.05) is 5.73 Å². The normalized spacial score (nSPS) is 10.5. The van der Waals surface area contributed by atoms with Crippen molar-refractivity contribution in [3.63, 3.8) is 0 Å². The van der Waals surface area contributed by atoms with Crippen LogP contribution in [0.1, 0.15) is 10.6 Å². The van der Waals surface area contributed by atoms with E-state index in [4.69, 9.17) is 10.2 Å². The number of hydrogen-bond acceptors (Lipinski definition) is 4. The molecule has 5 heteroatoms. The average Bonchev–Trinajstić information content (AvgIpc) is 3.08. The van der Waals surface area contributed by atoms with Crippen LogP contribution in [0.3, 0.4) is 0 Å². The van der Waals surface area contributed by atoms with Gasteiger partial charge in [-0.05, 0) is 12.1 Å². The van der Waals surface area contributed by atoms with E-state index in [9.17, 15) is 4.79 Å². The zero-order chi connectivity index (χ0) is 13.2. The van der Waals surface area contributed by atoms with E-state index in [2.05, 4.69) is 5.10 Å². The first-order chi connectivity index (χ1) is 9.25. The molecule has 1 aromatic carbocycles. The number of anilines is 1. The van der Waals surface area contributed by atoms with Gasteiger partial charge < -0.3 is 10.2 Å². The molecule has 5 nitrogen and oxygen atoms in total. The number of hydrogen-bond donors (Lipinski definition) is 1. The summed E-state index contributed by atoms with van der Waals surface area (Å²) in [5, 5.41) is 4.03. The summed E-state index contributed by atoms with van der Waals surface area (Å²) in [6, 6.07) is 14.4. The third kappa shape index (κ3) is 2.01. The Morgan fingerprint density at radius 1 is 1.16 bits per heavy atom. The predicted molar refractivity (Wildman–Crippen MR) is 70.5 cm³/mol. The highest BCUT2D eigenvalue weighted by Gasteiger charge is 2.18. The van der Waals surface area contributed by atoms with Gasteiger partial charge in [0.05, 0.1) is 12.0 Å². The molecular weight excluding hydrogens is 242 g/mol. The first-order valence-electron chi connectivity index (χ1n) is 5.75. The van der Waals surface area contributed by atoms with E-state index in [0.29, 0.717) is 11.5 Å². The van der Waals surface area contributed by atoms with Gasteiger partial charge in [-0.15, -0.1) is 5.10 Å². The molecule has 0 unspecified atom stereocenters. The van der Waals surface area contributed by atoms with Gasteiger partial charge in [0.1, 0.15) is 5.82 Å². The third-order valence-electron chi connectivity index (χ3n) is 2.72. The van der Waals surface area contributed by atoms with Crippen LogP contribution in [-0.4, -0.2) is 15.7 Å². The van der Waals surface area contributed by atoms with Crippen molar-refractivity contribution in [2.24, 2.45) is 0 Å². The van der Waals surface area contributed by atoms with Gasteiger partial charge in [0.15, 0.2) is 5.76 Å². The summed E-state index contributed by atoms with van der Waals surface area (Å²) >= 11 is 0. The Hall–Kier alpha value is -2.82. The quantitative estimate of drug-likeness (QED) is 0.761. The highest BCUT2D eigenvalue weighted by molar-refractivity contribution is 5.95.